The average molecular weight is 270 g/mol. The van der Waals surface area contributed by atoms with Gasteiger partial charge in [-0.2, -0.15) is 0 Å². The van der Waals surface area contributed by atoms with Crippen LogP contribution in [0, 0.1) is 0 Å². The molecule has 0 fully saturated rings. The van der Waals surface area contributed by atoms with Gasteiger partial charge in [0.05, 0.1) is 18.6 Å². The lowest BCUT2D eigenvalue weighted by Gasteiger charge is -2.22. The number of thioether (sulfide) groups is 1. The molecule has 5 nitrogen and oxygen atoms in total. The number of hydrogen-bond acceptors (Lipinski definition) is 5. The van der Waals surface area contributed by atoms with E-state index in [2.05, 4.69) is 4.40 Å². The van der Waals surface area contributed by atoms with Gasteiger partial charge < -0.3 is 9.64 Å². The maximum atomic E-state index is 11.4. The van der Waals surface area contributed by atoms with Crippen LogP contribution in [0.15, 0.2) is 27.5 Å². The highest BCUT2D eigenvalue weighted by molar-refractivity contribution is 8.15. The van der Waals surface area contributed by atoms with Crippen LogP contribution in [0.25, 0.3) is 0 Å². The van der Waals surface area contributed by atoms with Crippen molar-refractivity contribution in [2.45, 2.75) is 4.90 Å². The van der Waals surface area contributed by atoms with Crippen LogP contribution in [-0.2, 0) is 10.0 Å². The van der Waals surface area contributed by atoms with Gasteiger partial charge in [0, 0.05) is 11.4 Å². The molecule has 17 heavy (non-hydrogen) atoms. The van der Waals surface area contributed by atoms with Crippen molar-refractivity contribution in [1.82, 2.24) is 0 Å². The van der Waals surface area contributed by atoms with Gasteiger partial charge in [-0.25, -0.2) is 8.42 Å². The minimum absolute atomic E-state index is 0.0720. The summed E-state index contributed by atoms with van der Waals surface area (Å²) < 4.78 is 31.8. The number of methoxy groups -OCH3 is 1. The van der Waals surface area contributed by atoms with Gasteiger partial charge >= 0.3 is 0 Å². The van der Waals surface area contributed by atoms with E-state index in [-0.39, 0.29) is 5.75 Å². The maximum Gasteiger partial charge on any atom is 0.257 e. The molecule has 0 bridgehead atoms. The first kappa shape index (κ1) is 10.9. The summed E-state index contributed by atoms with van der Waals surface area (Å²) in [6, 6.07) is 5.69. The van der Waals surface area contributed by atoms with Crippen molar-refractivity contribution < 1.29 is 13.2 Å². The molecule has 0 N–H and O–H groups in total. The van der Waals surface area contributed by atoms with Gasteiger partial charge in [0.1, 0.15) is 5.75 Å². The van der Waals surface area contributed by atoms with Crippen LogP contribution in [0.3, 0.4) is 0 Å². The minimum Gasteiger partial charge on any atom is -0.497 e. The van der Waals surface area contributed by atoms with Crippen LogP contribution in [0.4, 0.5) is 5.69 Å². The third-order valence-corrected chi connectivity index (χ3v) is 4.99. The third-order valence-electron chi connectivity index (χ3n) is 2.68. The molecule has 0 spiro atoms. The zero-order valence-corrected chi connectivity index (χ0v) is 10.7. The van der Waals surface area contributed by atoms with Crippen molar-refractivity contribution in [1.29, 1.82) is 0 Å². The molecule has 1 aromatic carbocycles. The molecular weight excluding hydrogens is 260 g/mol. The highest BCUT2D eigenvalue weighted by Gasteiger charge is 2.33. The molecule has 7 heteroatoms. The molecule has 2 heterocycles. The summed E-state index contributed by atoms with van der Waals surface area (Å²) in [6.07, 6.45) is 0. The van der Waals surface area contributed by atoms with Crippen LogP contribution in [0.2, 0.25) is 0 Å². The van der Waals surface area contributed by atoms with Crippen LogP contribution >= 0.6 is 11.8 Å². The molecule has 3 rings (SSSR count). The van der Waals surface area contributed by atoms with Crippen molar-refractivity contribution in [3.63, 3.8) is 0 Å². The van der Waals surface area contributed by atoms with E-state index < -0.39 is 10.0 Å². The summed E-state index contributed by atoms with van der Waals surface area (Å²) in [6.45, 7) is 0.466. The SMILES string of the molecule is COc1ccc2c(c1)SC1=NS(=O)(=O)CCN12. The van der Waals surface area contributed by atoms with E-state index >= 15 is 0 Å². The van der Waals surface area contributed by atoms with Gasteiger partial charge in [-0.15, -0.1) is 4.40 Å². The molecular formula is C10H10N2O3S2. The smallest absolute Gasteiger partial charge is 0.257 e. The summed E-state index contributed by atoms with van der Waals surface area (Å²) in [5.74, 6) is 0.835. The van der Waals surface area contributed by atoms with Gasteiger partial charge in [-0.3, -0.25) is 0 Å². The number of anilines is 1. The number of rotatable bonds is 1. The van der Waals surface area contributed by atoms with Gasteiger partial charge in [-0.05, 0) is 30.0 Å². The van der Waals surface area contributed by atoms with E-state index in [1.54, 1.807) is 7.11 Å². The molecule has 0 saturated carbocycles. The number of ether oxygens (including phenoxy) is 1. The van der Waals surface area contributed by atoms with Crippen molar-refractivity contribution in [3.8, 4) is 5.75 Å². The van der Waals surface area contributed by atoms with Crippen LogP contribution in [-0.4, -0.2) is 33.0 Å². The fourth-order valence-corrected chi connectivity index (χ4v) is 4.12. The molecule has 0 atom stereocenters. The fourth-order valence-electron chi connectivity index (χ4n) is 1.84. The molecule has 0 aromatic heterocycles. The fraction of sp³-hybridized carbons (Fsp3) is 0.300. The number of benzene rings is 1. The molecule has 0 unspecified atom stereocenters. The number of hydrogen-bond donors (Lipinski definition) is 0. The van der Waals surface area contributed by atoms with Crippen molar-refractivity contribution in [2.75, 3.05) is 24.3 Å². The van der Waals surface area contributed by atoms with E-state index in [1.807, 2.05) is 23.1 Å². The lowest BCUT2D eigenvalue weighted by Crippen LogP contribution is -2.35. The van der Waals surface area contributed by atoms with Crippen LogP contribution < -0.4 is 9.64 Å². The summed E-state index contributed by atoms with van der Waals surface area (Å²) >= 11 is 1.37. The molecule has 1 aromatic rings. The normalized spacial score (nSPS) is 20.5. The Morgan fingerprint density at radius 2 is 2.29 bits per heavy atom. The summed E-state index contributed by atoms with van der Waals surface area (Å²) in [4.78, 5) is 2.92. The molecule has 0 radical (unpaired) electrons. The predicted molar refractivity (Wildman–Crippen MR) is 67.4 cm³/mol. The summed E-state index contributed by atoms with van der Waals surface area (Å²) in [7, 11) is -1.67. The maximum absolute atomic E-state index is 11.4. The standard InChI is InChI=1S/C10H10N2O3S2/c1-15-7-2-3-8-9(6-7)16-10-11-17(13,14)5-4-12(8)10/h2-3,6H,4-5H2,1H3. The predicted octanol–water partition coefficient (Wildman–Crippen LogP) is 1.31. The van der Waals surface area contributed by atoms with Crippen LogP contribution in [0.1, 0.15) is 0 Å². The lowest BCUT2D eigenvalue weighted by molar-refractivity contribution is 0.414. The molecule has 2 aliphatic rings. The average Bonchev–Trinajstić information content (AvgIpc) is 2.63. The van der Waals surface area contributed by atoms with Gasteiger partial charge in [0.25, 0.3) is 10.0 Å². The number of fused-ring (bicyclic) bond motifs is 3. The Labute approximate surface area is 104 Å². The molecule has 0 amide bonds. The monoisotopic (exact) mass is 270 g/mol. The number of sulfonamides is 1. The van der Waals surface area contributed by atoms with E-state index in [0.717, 1.165) is 16.3 Å². The highest BCUT2D eigenvalue weighted by Crippen LogP contribution is 2.43. The summed E-state index contributed by atoms with van der Waals surface area (Å²) in [5.41, 5.74) is 1.00. The Bertz CT molecular complexity index is 610. The second kappa shape index (κ2) is 3.64. The molecule has 2 aliphatic heterocycles. The van der Waals surface area contributed by atoms with E-state index in [9.17, 15) is 8.42 Å². The van der Waals surface area contributed by atoms with E-state index in [4.69, 9.17) is 4.74 Å². The zero-order chi connectivity index (χ0) is 12.0. The van der Waals surface area contributed by atoms with Crippen molar-refractivity contribution >= 4 is 32.6 Å². The quantitative estimate of drug-likeness (QED) is 0.770. The second-order valence-corrected chi connectivity index (χ2v) is 6.51. The van der Waals surface area contributed by atoms with Crippen molar-refractivity contribution in [2.24, 2.45) is 4.40 Å². The number of amidine groups is 1. The Kier molecular flexibility index (Phi) is 2.34. The minimum atomic E-state index is -3.28. The first-order chi connectivity index (χ1) is 8.09. The van der Waals surface area contributed by atoms with Gasteiger partial charge in [0.2, 0.25) is 0 Å². The lowest BCUT2D eigenvalue weighted by atomic mass is 10.3. The zero-order valence-electron chi connectivity index (χ0n) is 9.08. The molecule has 0 saturated heterocycles. The van der Waals surface area contributed by atoms with Gasteiger partial charge in [0.15, 0.2) is 5.17 Å². The van der Waals surface area contributed by atoms with Crippen LogP contribution in [0.5, 0.6) is 5.75 Å². The Morgan fingerprint density at radius 1 is 1.47 bits per heavy atom. The second-order valence-electron chi connectivity index (χ2n) is 3.75. The largest absolute Gasteiger partial charge is 0.497 e. The molecule has 0 aliphatic carbocycles. The molecule has 90 valence electrons. The Morgan fingerprint density at radius 3 is 3.06 bits per heavy atom. The Hall–Kier alpha value is -1.21. The van der Waals surface area contributed by atoms with Crippen molar-refractivity contribution in [3.05, 3.63) is 18.2 Å². The first-order valence-corrected chi connectivity index (χ1v) is 7.48. The topological polar surface area (TPSA) is 59.0 Å². The van der Waals surface area contributed by atoms with Gasteiger partial charge in [-0.1, -0.05) is 0 Å². The number of nitrogens with zero attached hydrogens (tertiary/aromatic N) is 2. The van der Waals surface area contributed by atoms with E-state index in [0.29, 0.717) is 11.7 Å². The van der Waals surface area contributed by atoms with E-state index in [1.165, 1.54) is 11.8 Å². The highest BCUT2D eigenvalue weighted by atomic mass is 32.2. The third kappa shape index (κ3) is 1.79. The first-order valence-electron chi connectivity index (χ1n) is 5.05. The summed E-state index contributed by atoms with van der Waals surface area (Å²) in [5, 5.41) is 0.541. The Balaban J connectivity index is 2.07.